The van der Waals surface area contributed by atoms with Gasteiger partial charge in [0.15, 0.2) is 6.10 Å². The van der Waals surface area contributed by atoms with E-state index in [0.29, 0.717) is 4.90 Å². The lowest BCUT2D eigenvalue weighted by Gasteiger charge is -2.25. The molecule has 8 heteroatoms. The third-order valence-electron chi connectivity index (χ3n) is 4.69. The van der Waals surface area contributed by atoms with Crippen LogP contribution in [0.4, 0.5) is 11.4 Å². The number of para-hydroxylation sites is 1. The number of fused-ring (bicyclic) bond motifs is 1. The van der Waals surface area contributed by atoms with Crippen molar-refractivity contribution in [3.8, 4) is 0 Å². The van der Waals surface area contributed by atoms with Crippen molar-refractivity contribution >= 4 is 35.0 Å². The molecule has 0 saturated carbocycles. The van der Waals surface area contributed by atoms with E-state index in [1.54, 1.807) is 11.2 Å². The third kappa shape index (κ3) is 3.73. The van der Waals surface area contributed by atoms with E-state index in [-0.39, 0.29) is 23.2 Å². The van der Waals surface area contributed by atoms with E-state index in [1.807, 2.05) is 31.2 Å². The number of benzene rings is 2. The van der Waals surface area contributed by atoms with Gasteiger partial charge in [-0.05, 0) is 50.3 Å². The first-order chi connectivity index (χ1) is 13.3. The zero-order chi connectivity index (χ0) is 20.4. The summed E-state index contributed by atoms with van der Waals surface area (Å²) in [6.07, 6.45) is 1.45. The van der Waals surface area contributed by atoms with Gasteiger partial charge in [-0.15, -0.1) is 11.8 Å². The number of amides is 1. The quantitative estimate of drug-likeness (QED) is 0.328. The Balaban J connectivity index is 1.77. The molecule has 0 fully saturated rings. The summed E-state index contributed by atoms with van der Waals surface area (Å²) in [6, 6.07) is 11.7. The minimum absolute atomic E-state index is 0.0343. The number of rotatable bonds is 5. The standard InChI is InChI=1S/C20H20N2O5S/c1-12-10-14-6-4-5-7-16(14)21(12)19(23)13(2)27-20(24)15-8-9-18(28-3)17(11-15)22(25)26/h4-9,11-13H,10H2,1-3H3/t12-,13-/m1/s1. The smallest absolute Gasteiger partial charge is 0.339 e. The number of esters is 1. The SMILES string of the molecule is CSc1ccc(C(=O)O[C@H](C)C(=O)N2c3ccccc3C[C@H]2C)cc1[N+](=O)[O-]. The number of hydrogen-bond donors (Lipinski definition) is 0. The van der Waals surface area contributed by atoms with E-state index in [4.69, 9.17) is 4.74 Å². The van der Waals surface area contributed by atoms with Crippen LogP contribution in [0.25, 0.3) is 0 Å². The van der Waals surface area contributed by atoms with Crippen LogP contribution in [0.5, 0.6) is 0 Å². The summed E-state index contributed by atoms with van der Waals surface area (Å²) in [6.45, 7) is 3.45. The Morgan fingerprint density at radius 2 is 2.00 bits per heavy atom. The molecular weight excluding hydrogens is 380 g/mol. The molecule has 0 aromatic heterocycles. The highest BCUT2D eigenvalue weighted by atomic mass is 32.2. The molecule has 0 aliphatic carbocycles. The van der Waals surface area contributed by atoms with Crippen molar-refractivity contribution in [2.24, 2.45) is 0 Å². The number of anilines is 1. The van der Waals surface area contributed by atoms with Crippen molar-refractivity contribution in [1.82, 2.24) is 0 Å². The lowest BCUT2D eigenvalue weighted by Crippen LogP contribution is -2.43. The van der Waals surface area contributed by atoms with Crippen LogP contribution in [-0.2, 0) is 16.0 Å². The first-order valence-corrected chi connectivity index (χ1v) is 10.00. The Bertz CT molecular complexity index is 946. The van der Waals surface area contributed by atoms with E-state index in [9.17, 15) is 19.7 Å². The summed E-state index contributed by atoms with van der Waals surface area (Å²) in [5.41, 5.74) is 1.77. The van der Waals surface area contributed by atoms with Gasteiger partial charge in [-0.2, -0.15) is 0 Å². The van der Waals surface area contributed by atoms with Crippen molar-refractivity contribution < 1.29 is 19.2 Å². The average Bonchev–Trinajstić information content (AvgIpc) is 3.02. The number of carbonyl (C=O) groups excluding carboxylic acids is 2. The Hall–Kier alpha value is -2.87. The van der Waals surface area contributed by atoms with Gasteiger partial charge in [0.1, 0.15) is 0 Å². The second-order valence-electron chi connectivity index (χ2n) is 6.58. The Labute approximate surface area is 166 Å². The summed E-state index contributed by atoms with van der Waals surface area (Å²) in [5, 5.41) is 11.2. The molecule has 0 unspecified atom stereocenters. The number of ether oxygens (including phenoxy) is 1. The van der Waals surface area contributed by atoms with E-state index in [2.05, 4.69) is 0 Å². The molecule has 0 radical (unpaired) electrons. The first-order valence-electron chi connectivity index (χ1n) is 8.78. The van der Waals surface area contributed by atoms with E-state index >= 15 is 0 Å². The molecule has 1 heterocycles. The maximum absolute atomic E-state index is 12.9. The van der Waals surface area contributed by atoms with Crippen LogP contribution >= 0.6 is 11.8 Å². The topological polar surface area (TPSA) is 89.8 Å². The third-order valence-corrected chi connectivity index (χ3v) is 5.47. The second-order valence-corrected chi connectivity index (χ2v) is 7.43. The van der Waals surface area contributed by atoms with Gasteiger partial charge in [0.05, 0.1) is 15.4 Å². The lowest BCUT2D eigenvalue weighted by atomic mass is 10.1. The van der Waals surface area contributed by atoms with Crippen LogP contribution in [0.3, 0.4) is 0 Å². The molecule has 2 aromatic rings. The van der Waals surface area contributed by atoms with Crippen molar-refractivity contribution in [3.63, 3.8) is 0 Å². The molecule has 146 valence electrons. The molecule has 2 aromatic carbocycles. The molecular formula is C20H20N2O5S. The Morgan fingerprint density at radius 1 is 1.29 bits per heavy atom. The van der Waals surface area contributed by atoms with Crippen molar-refractivity contribution in [1.29, 1.82) is 0 Å². The van der Waals surface area contributed by atoms with Gasteiger partial charge in [-0.1, -0.05) is 18.2 Å². The maximum atomic E-state index is 12.9. The van der Waals surface area contributed by atoms with Gasteiger partial charge in [0.2, 0.25) is 0 Å². The van der Waals surface area contributed by atoms with Crippen LogP contribution in [0.1, 0.15) is 29.8 Å². The van der Waals surface area contributed by atoms with Crippen LogP contribution in [-0.4, -0.2) is 35.2 Å². The Kier molecular flexibility index (Phi) is 5.69. The zero-order valence-corrected chi connectivity index (χ0v) is 16.6. The molecule has 3 rings (SSSR count). The van der Waals surface area contributed by atoms with Gasteiger partial charge in [0, 0.05) is 17.8 Å². The van der Waals surface area contributed by atoms with Crippen molar-refractivity contribution in [2.75, 3.05) is 11.2 Å². The summed E-state index contributed by atoms with van der Waals surface area (Å²) in [5.74, 6) is -1.09. The molecule has 2 atom stereocenters. The molecule has 0 spiro atoms. The van der Waals surface area contributed by atoms with Crippen molar-refractivity contribution in [3.05, 3.63) is 63.7 Å². The molecule has 7 nitrogen and oxygen atoms in total. The normalized spacial score (nSPS) is 16.4. The van der Waals surface area contributed by atoms with Crippen LogP contribution in [0, 0.1) is 10.1 Å². The highest BCUT2D eigenvalue weighted by Gasteiger charge is 2.34. The van der Waals surface area contributed by atoms with Gasteiger partial charge >= 0.3 is 5.97 Å². The number of nitrogens with zero attached hydrogens (tertiary/aromatic N) is 2. The predicted octanol–water partition coefficient (Wildman–Crippen LogP) is 3.84. The fourth-order valence-electron chi connectivity index (χ4n) is 3.34. The molecule has 1 amide bonds. The van der Waals surface area contributed by atoms with Crippen molar-refractivity contribution in [2.45, 2.75) is 37.3 Å². The maximum Gasteiger partial charge on any atom is 0.339 e. The van der Waals surface area contributed by atoms with Gasteiger partial charge in [-0.25, -0.2) is 4.79 Å². The fraction of sp³-hybridized carbons (Fsp3) is 0.300. The molecule has 0 bridgehead atoms. The monoisotopic (exact) mass is 400 g/mol. The molecule has 0 N–H and O–H groups in total. The second kappa shape index (κ2) is 8.02. The minimum atomic E-state index is -1.01. The van der Waals surface area contributed by atoms with Gasteiger partial charge in [-0.3, -0.25) is 14.9 Å². The number of nitro benzene ring substituents is 1. The molecule has 1 aliphatic heterocycles. The molecule has 1 aliphatic rings. The summed E-state index contributed by atoms with van der Waals surface area (Å²) in [4.78, 5) is 38.1. The zero-order valence-electron chi connectivity index (χ0n) is 15.7. The largest absolute Gasteiger partial charge is 0.449 e. The summed E-state index contributed by atoms with van der Waals surface area (Å²) < 4.78 is 5.32. The summed E-state index contributed by atoms with van der Waals surface area (Å²) >= 11 is 1.22. The van der Waals surface area contributed by atoms with E-state index < -0.39 is 17.0 Å². The average molecular weight is 400 g/mol. The van der Waals surface area contributed by atoms with Crippen LogP contribution in [0.2, 0.25) is 0 Å². The fourth-order valence-corrected chi connectivity index (χ4v) is 3.88. The highest BCUT2D eigenvalue weighted by molar-refractivity contribution is 7.98. The van der Waals surface area contributed by atoms with Crippen LogP contribution in [0.15, 0.2) is 47.4 Å². The number of nitro groups is 1. The molecule has 0 saturated heterocycles. The van der Waals surface area contributed by atoms with Gasteiger partial charge < -0.3 is 9.64 Å². The predicted molar refractivity (Wildman–Crippen MR) is 107 cm³/mol. The van der Waals surface area contributed by atoms with E-state index in [0.717, 1.165) is 17.7 Å². The van der Waals surface area contributed by atoms with Gasteiger partial charge in [0.25, 0.3) is 11.6 Å². The molecule has 28 heavy (non-hydrogen) atoms. The lowest BCUT2D eigenvalue weighted by molar-refractivity contribution is -0.387. The van der Waals surface area contributed by atoms with Crippen LogP contribution < -0.4 is 4.90 Å². The van der Waals surface area contributed by atoms with E-state index in [1.165, 1.54) is 36.9 Å². The minimum Gasteiger partial charge on any atom is -0.449 e. The Morgan fingerprint density at radius 3 is 2.68 bits per heavy atom. The number of hydrogen-bond acceptors (Lipinski definition) is 6. The number of carbonyl (C=O) groups is 2. The summed E-state index contributed by atoms with van der Waals surface area (Å²) in [7, 11) is 0. The highest BCUT2D eigenvalue weighted by Crippen LogP contribution is 2.33. The first kappa shape index (κ1) is 19.9. The number of thioether (sulfide) groups is 1.